The highest BCUT2D eigenvalue weighted by Gasteiger charge is 2.29. The Morgan fingerprint density at radius 1 is 1.04 bits per heavy atom. The number of amides is 1. The van der Waals surface area contributed by atoms with Gasteiger partial charge in [0.15, 0.2) is 0 Å². The normalized spacial score (nSPS) is 11.3. The first kappa shape index (κ1) is 19.7. The highest BCUT2D eigenvalue weighted by Crippen LogP contribution is 2.29. The number of halogens is 4. The summed E-state index contributed by atoms with van der Waals surface area (Å²) in [5, 5.41) is 3.13. The van der Waals surface area contributed by atoms with E-state index >= 15 is 0 Å². The summed E-state index contributed by atoms with van der Waals surface area (Å²) in [5.74, 6) is -0.441. The first-order valence-electron chi connectivity index (χ1n) is 8.16. The van der Waals surface area contributed by atoms with Crippen LogP contribution in [0.4, 0.5) is 18.9 Å². The topological polar surface area (TPSA) is 51.1 Å². The summed E-state index contributed by atoms with van der Waals surface area (Å²) >= 11 is 5.88. The van der Waals surface area contributed by atoms with E-state index in [0.717, 1.165) is 12.1 Å². The highest BCUT2D eigenvalue weighted by atomic mass is 35.5. The average Bonchev–Trinajstić information content (AvgIpc) is 2.63. The summed E-state index contributed by atoms with van der Waals surface area (Å²) in [7, 11) is 0. The molecule has 0 bridgehead atoms. The predicted molar refractivity (Wildman–Crippen MR) is 101 cm³/mol. The zero-order valence-corrected chi connectivity index (χ0v) is 15.1. The van der Waals surface area contributed by atoms with Gasteiger partial charge >= 0.3 is 6.18 Å². The third-order valence-corrected chi connectivity index (χ3v) is 4.20. The molecule has 0 aliphatic heterocycles. The number of anilines is 1. The molecule has 0 saturated carbocycles. The molecule has 0 saturated heterocycles. The summed E-state index contributed by atoms with van der Waals surface area (Å²) in [4.78, 5) is 24.5. The first-order valence-corrected chi connectivity index (χ1v) is 8.54. The molecule has 1 heterocycles. The van der Waals surface area contributed by atoms with Crippen LogP contribution < -0.4 is 10.9 Å². The molecule has 0 fully saturated rings. The lowest BCUT2D eigenvalue weighted by Gasteiger charge is -2.11. The number of rotatable bonds is 4. The van der Waals surface area contributed by atoms with E-state index in [9.17, 15) is 22.8 Å². The van der Waals surface area contributed by atoms with Crippen LogP contribution in [0.1, 0.15) is 21.5 Å². The molecular formula is C20H14ClF3N2O2. The van der Waals surface area contributed by atoms with Crippen molar-refractivity contribution < 1.29 is 18.0 Å². The van der Waals surface area contributed by atoms with Crippen LogP contribution in [0, 0.1) is 0 Å². The van der Waals surface area contributed by atoms with Crippen LogP contribution in [0.2, 0.25) is 5.02 Å². The molecule has 2 aromatic carbocycles. The summed E-state index contributed by atoms with van der Waals surface area (Å²) in [6.07, 6.45) is -3.06. The van der Waals surface area contributed by atoms with Gasteiger partial charge < -0.3 is 9.88 Å². The van der Waals surface area contributed by atoms with Crippen molar-refractivity contribution >= 4 is 23.2 Å². The van der Waals surface area contributed by atoms with E-state index in [1.807, 2.05) is 0 Å². The Kier molecular flexibility index (Phi) is 5.56. The minimum atomic E-state index is -4.42. The van der Waals surface area contributed by atoms with Gasteiger partial charge in [-0.25, -0.2) is 0 Å². The number of nitrogens with one attached hydrogen (secondary N) is 1. The maximum atomic E-state index is 12.6. The zero-order valence-electron chi connectivity index (χ0n) is 14.3. The molecule has 8 heteroatoms. The fraction of sp³-hybridized carbons (Fsp3) is 0.100. The van der Waals surface area contributed by atoms with Crippen LogP contribution in [-0.2, 0) is 12.7 Å². The lowest BCUT2D eigenvalue weighted by Crippen LogP contribution is -2.22. The molecule has 4 nitrogen and oxygen atoms in total. The Balaban J connectivity index is 1.79. The van der Waals surface area contributed by atoms with Gasteiger partial charge in [0.1, 0.15) is 0 Å². The van der Waals surface area contributed by atoms with Crippen LogP contribution in [-0.4, -0.2) is 10.5 Å². The van der Waals surface area contributed by atoms with Crippen LogP contribution in [0.25, 0.3) is 0 Å². The van der Waals surface area contributed by atoms with E-state index in [1.165, 1.54) is 35.0 Å². The van der Waals surface area contributed by atoms with Crippen molar-refractivity contribution in [2.24, 2.45) is 0 Å². The van der Waals surface area contributed by atoms with Crippen molar-refractivity contribution in [3.63, 3.8) is 0 Å². The lowest BCUT2D eigenvalue weighted by atomic mass is 10.1. The number of benzene rings is 2. The van der Waals surface area contributed by atoms with Gasteiger partial charge in [-0.3, -0.25) is 9.59 Å². The first-order chi connectivity index (χ1) is 13.2. The van der Waals surface area contributed by atoms with E-state index in [1.54, 1.807) is 24.3 Å². The smallest absolute Gasteiger partial charge is 0.322 e. The third kappa shape index (κ3) is 4.80. The Morgan fingerprint density at radius 3 is 2.39 bits per heavy atom. The van der Waals surface area contributed by atoms with Gasteiger partial charge in [-0.1, -0.05) is 29.8 Å². The van der Waals surface area contributed by atoms with Crippen molar-refractivity contribution in [3.05, 3.63) is 98.9 Å². The van der Waals surface area contributed by atoms with Crippen LogP contribution >= 0.6 is 11.6 Å². The predicted octanol–water partition coefficient (Wildman–Crippen LogP) is 4.82. The van der Waals surface area contributed by atoms with Gasteiger partial charge in [0.05, 0.1) is 17.7 Å². The maximum absolute atomic E-state index is 12.6. The summed E-state index contributed by atoms with van der Waals surface area (Å²) in [5.41, 5.74) is 0.0874. The van der Waals surface area contributed by atoms with E-state index in [-0.39, 0.29) is 17.7 Å². The molecule has 144 valence electrons. The Labute approximate surface area is 163 Å². The SMILES string of the molecule is O=C(Nc1cccc(Cl)c1)c1ccc(=O)n(Cc2ccc(C(F)(F)F)cc2)c1. The Bertz CT molecular complexity index is 1060. The number of nitrogens with zero attached hydrogens (tertiary/aromatic N) is 1. The summed E-state index contributed by atoms with van der Waals surface area (Å²) in [6, 6.07) is 13.7. The molecule has 0 atom stereocenters. The highest BCUT2D eigenvalue weighted by molar-refractivity contribution is 6.30. The van der Waals surface area contributed by atoms with E-state index in [0.29, 0.717) is 16.3 Å². The number of hydrogen-bond acceptors (Lipinski definition) is 2. The zero-order chi connectivity index (χ0) is 20.3. The summed E-state index contributed by atoms with van der Waals surface area (Å²) in [6.45, 7) is 0.0370. The van der Waals surface area contributed by atoms with Crippen molar-refractivity contribution in [2.75, 3.05) is 5.32 Å². The van der Waals surface area contributed by atoms with Crippen LogP contribution in [0.15, 0.2) is 71.7 Å². The minimum absolute atomic E-state index is 0.0370. The molecule has 1 aromatic heterocycles. The molecule has 1 amide bonds. The van der Waals surface area contributed by atoms with Crippen molar-refractivity contribution in [1.82, 2.24) is 4.57 Å². The number of carbonyl (C=O) groups is 1. The second-order valence-electron chi connectivity index (χ2n) is 6.04. The molecular weight excluding hydrogens is 393 g/mol. The number of alkyl halides is 3. The van der Waals surface area contributed by atoms with Crippen LogP contribution in [0.3, 0.4) is 0 Å². The van der Waals surface area contributed by atoms with Crippen molar-refractivity contribution in [2.45, 2.75) is 12.7 Å². The molecule has 1 N–H and O–H groups in total. The molecule has 3 aromatic rings. The molecule has 3 rings (SSSR count). The van der Waals surface area contributed by atoms with Gasteiger partial charge in [-0.2, -0.15) is 13.2 Å². The standard InChI is InChI=1S/C20H14ClF3N2O2/c21-16-2-1-3-17(10-16)25-19(28)14-6-9-18(27)26(12-14)11-13-4-7-15(8-5-13)20(22,23)24/h1-10,12H,11H2,(H,25,28). The van der Waals surface area contributed by atoms with Crippen molar-refractivity contribution in [3.8, 4) is 0 Å². The second-order valence-corrected chi connectivity index (χ2v) is 6.48. The monoisotopic (exact) mass is 406 g/mol. The number of hydrogen-bond donors (Lipinski definition) is 1. The maximum Gasteiger partial charge on any atom is 0.416 e. The fourth-order valence-corrected chi connectivity index (χ4v) is 2.74. The van der Waals surface area contributed by atoms with E-state index in [4.69, 9.17) is 11.6 Å². The molecule has 0 radical (unpaired) electrons. The van der Waals surface area contributed by atoms with Crippen molar-refractivity contribution in [1.29, 1.82) is 0 Å². The average molecular weight is 407 g/mol. The largest absolute Gasteiger partial charge is 0.416 e. The number of pyridine rings is 1. The third-order valence-electron chi connectivity index (χ3n) is 3.96. The van der Waals surface area contributed by atoms with Gasteiger partial charge in [-0.05, 0) is 42.0 Å². The minimum Gasteiger partial charge on any atom is -0.322 e. The molecule has 0 aliphatic carbocycles. The molecule has 0 spiro atoms. The van der Waals surface area contributed by atoms with Crippen LogP contribution in [0.5, 0.6) is 0 Å². The quantitative estimate of drug-likeness (QED) is 0.675. The number of carbonyl (C=O) groups excluding carboxylic acids is 1. The van der Waals surface area contributed by atoms with Gasteiger partial charge in [0, 0.05) is 23.0 Å². The van der Waals surface area contributed by atoms with E-state index in [2.05, 4.69) is 5.32 Å². The fourth-order valence-electron chi connectivity index (χ4n) is 2.55. The Hall–Kier alpha value is -3.06. The lowest BCUT2D eigenvalue weighted by molar-refractivity contribution is -0.137. The van der Waals surface area contributed by atoms with Gasteiger partial charge in [-0.15, -0.1) is 0 Å². The summed E-state index contributed by atoms with van der Waals surface area (Å²) < 4.78 is 39.2. The van der Waals surface area contributed by atoms with Gasteiger partial charge in [0.25, 0.3) is 11.5 Å². The Morgan fingerprint density at radius 2 is 1.75 bits per heavy atom. The molecule has 28 heavy (non-hydrogen) atoms. The number of aromatic nitrogens is 1. The molecule has 0 aliphatic rings. The molecule has 0 unspecified atom stereocenters. The van der Waals surface area contributed by atoms with Gasteiger partial charge in [0.2, 0.25) is 0 Å². The second kappa shape index (κ2) is 7.90. The van der Waals surface area contributed by atoms with E-state index < -0.39 is 17.6 Å².